The Morgan fingerprint density at radius 1 is 1.30 bits per heavy atom. The lowest BCUT2D eigenvalue weighted by Gasteiger charge is -2.40. The molecule has 2 saturated carbocycles. The summed E-state index contributed by atoms with van der Waals surface area (Å²) in [5, 5.41) is 0. The molecule has 2 aliphatic rings. The normalized spacial score (nSPS) is 36.0. The number of fused-ring (bicyclic) bond motifs is 2. The molecule has 2 fully saturated rings. The van der Waals surface area contributed by atoms with Crippen LogP contribution in [0.3, 0.4) is 0 Å². The first-order valence-corrected chi connectivity index (χ1v) is 8.19. The summed E-state index contributed by atoms with van der Waals surface area (Å²) in [6.45, 7) is 11.4. The van der Waals surface area contributed by atoms with Crippen LogP contribution in [0, 0.1) is 16.7 Å². The molecule has 0 aliphatic heterocycles. The van der Waals surface area contributed by atoms with Crippen LogP contribution in [0.15, 0.2) is 0 Å². The molecular formula is C17H30O3. The summed E-state index contributed by atoms with van der Waals surface area (Å²) in [7, 11) is 0. The van der Waals surface area contributed by atoms with Gasteiger partial charge >= 0.3 is 5.97 Å². The molecule has 3 nitrogen and oxygen atoms in total. The van der Waals surface area contributed by atoms with Gasteiger partial charge in [0.1, 0.15) is 0 Å². The van der Waals surface area contributed by atoms with Crippen molar-refractivity contribution in [2.24, 2.45) is 16.7 Å². The number of hydrogen-bond donors (Lipinski definition) is 0. The van der Waals surface area contributed by atoms with Crippen molar-refractivity contribution < 1.29 is 14.3 Å². The zero-order valence-corrected chi connectivity index (χ0v) is 13.7. The maximum Gasteiger partial charge on any atom is 0.335 e. The number of ether oxygens (including phenoxy) is 2. The Morgan fingerprint density at radius 2 is 2.00 bits per heavy atom. The van der Waals surface area contributed by atoms with Crippen molar-refractivity contribution >= 4 is 5.97 Å². The highest BCUT2D eigenvalue weighted by Gasteiger charge is 2.62. The lowest BCUT2D eigenvalue weighted by molar-refractivity contribution is -0.168. The van der Waals surface area contributed by atoms with Gasteiger partial charge in [-0.25, -0.2) is 4.79 Å². The van der Waals surface area contributed by atoms with E-state index in [-0.39, 0.29) is 23.6 Å². The molecular weight excluding hydrogens is 252 g/mol. The lowest BCUT2D eigenvalue weighted by atomic mass is 9.70. The summed E-state index contributed by atoms with van der Waals surface area (Å²) in [6, 6.07) is 0. The van der Waals surface area contributed by atoms with Crippen LogP contribution in [0.1, 0.15) is 66.7 Å². The van der Waals surface area contributed by atoms with Gasteiger partial charge < -0.3 is 9.47 Å². The third-order valence-electron chi connectivity index (χ3n) is 6.14. The largest absolute Gasteiger partial charge is 0.464 e. The second kappa shape index (κ2) is 5.67. The predicted molar refractivity (Wildman–Crippen MR) is 79.4 cm³/mol. The van der Waals surface area contributed by atoms with Crippen LogP contribution in [-0.2, 0) is 14.3 Å². The minimum Gasteiger partial charge on any atom is -0.464 e. The minimum atomic E-state index is -0.378. The van der Waals surface area contributed by atoms with Crippen molar-refractivity contribution in [3.8, 4) is 0 Å². The second-order valence-electron chi connectivity index (χ2n) is 7.26. The number of hydrogen-bond acceptors (Lipinski definition) is 3. The Hall–Kier alpha value is -0.570. The molecule has 20 heavy (non-hydrogen) atoms. The van der Waals surface area contributed by atoms with E-state index in [0.29, 0.717) is 12.0 Å². The van der Waals surface area contributed by atoms with Crippen LogP contribution in [0.2, 0.25) is 0 Å². The van der Waals surface area contributed by atoms with Crippen molar-refractivity contribution in [1.82, 2.24) is 0 Å². The SMILES string of the molecule is CCCC(OC1CC2CCC1(C)C2(C)C)C(=O)OCC. The van der Waals surface area contributed by atoms with Gasteiger partial charge in [0.05, 0.1) is 12.7 Å². The fourth-order valence-corrected chi connectivity index (χ4v) is 4.27. The maximum absolute atomic E-state index is 12.0. The Kier molecular flexibility index (Phi) is 4.48. The molecule has 0 aromatic rings. The third-order valence-corrected chi connectivity index (χ3v) is 6.14. The highest BCUT2D eigenvalue weighted by Crippen LogP contribution is 2.66. The fourth-order valence-electron chi connectivity index (χ4n) is 4.27. The van der Waals surface area contributed by atoms with Crippen LogP contribution in [0.5, 0.6) is 0 Å². The fraction of sp³-hybridized carbons (Fsp3) is 0.941. The second-order valence-corrected chi connectivity index (χ2v) is 7.26. The smallest absolute Gasteiger partial charge is 0.335 e. The average Bonchev–Trinajstić information content (AvgIpc) is 2.71. The Labute approximate surface area is 123 Å². The molecule has 2 rings (SSSR count). The molecule has 0 heterocycles. The van der Waals surface area contributed by atoms with E-state index in [9.17, 15) is 4.79 Å². The van der Waals surface area contributed by atoms with Gasteiger partial charge in [-0.2, -0.15) is 0 Å². The molecule has 0 N–H and O–H groups in total. The summed E-state index contributed by atoms with van der Waals surface area (Å²) in [5.41, 5.74) is 0.527. The summed E-state index contributed by atoms with van der Waals surface area (Å²) < 4.78 is 11.4. The molecule has 4 atom stereocenters. The summed E-state index contributed by atoms with van der Waals surface area (Å²) in [6.07, 6.45) is 5.16. The quantitative estimate of drug-likeness (QED) is 0.692. The molecule has 0 amide bonds. The first kappa shape index (κ1) is 15.8. The van der Waals surface area contributed by atoms with Crippen molar-refractivity contribution in [3.05, 3.63) is 0 Å². The van der Waals surface area contributed by atoms with Gasteiger partial charge in [-0.3, -0.25) is 0 Å². The van der Waals surface area contributed by atoms with Crippen molar-refractivity contribution in [2.45, 2.75) is 78.9 Å². The van der Waals surface area contributed by atoms with E-state index in [0.717, 1.165) is 25.2 Å². The summed E-state index contributed by atoms with van der Waals surface area (Å²) in [5.74, 6) is 0.556. The van der Waals surface area contributed by atoms with Crippen LogP contribution >= 0.6 is 0 Å². The summed E-state index contributed by atoms with van der Waals surface area (Å²) >= 11 is 0. The summed E-state index contributed by atoms with van der Waals surface area (Å²) in [4.78, 5) is 12.0. The zero-order chi connectivity index (χ0) is 15.0. The van der Waals surface area contributed by atoms with E-state index in [2.05, 4.69) is 27.7 Å². The predicted octanol–water partition coefficient (Wildman–Crippen LogP) is 3.95. The Bertz CT molecular complexity index is 363. The van der Waals surface area contributed by atoms with E-state index >= 15 is 0 Å². The number of carbonyl (C=O) groups is 1. The first-order valence-electron chi connectivity index (χ1n) is 8.19. The average molecular weight is 282 g/mol. The molecule has 116 valence electrons. The van der Waals surface area contributed by atoms with Gasteiger partial charge in [-0.15, -0.1) is 0 Å². The van der Waals surface area contributed by atoms with Crippen LogP contribution in [-0.4, -0.2) is 24.8 Å². The molecule has 2 aliphatic carbocycles. The zero-order valence-electron chi connectivity index (χ0n) is 13.7. The van der Waals surface area contributed by atoms with Gasteiger partial charge in [0, 0.05) is 0 Å². The van der Waals surface area contributed by atoms with Crippen molar-refractivity contribution in [2.75, 3.05) is 6.61 Å². The van der Waals surface area contributed by atoms with Crippen LogP contribution < -0.4 is 0 Å². The molecule has 0 aromatic carbocycles. The Balaban J connectivity index is 2.07. The molecule has 0 radical (unpaired) electrons. The topological polar surface area (TPSA) is 35.5 Å². The van der Waals surface area contributed by atoms with Gasteiger partial charge in [0.25, 0.3) is 0 Å². The van der Waals surface area contributed by atoms with Gasteiger partial charge in [-0.05, 0) is 49.4 Å². The van der Waals surface area contributed by atoms with E-state index in [4.69, 9.17) is 9.47 Å². The molecule has 0 aromatic heterocycles. The maximum atomic E-state index is 12.0. The lowest BCUT2D eigenvalue weighted by Crippen LogP contribution is -2.41. The van der Waals surface area contributed by atoms with Gasteiger partial charge in [0.15, 0.2) is 6.10 Å². The third kappa shape index (κ3) is 2.38. The Morgan fingerprint density at radius 3 is 2.45 bits per heavy atom. The first-order chi connectivity index (χ1) is 9.36. The standard InChI is InChI=1S/C17H30O3/c1-6-8-13(15(18)19-7-2)20-14-11-12-9-10-17(14,5)16(12,3)4/h12-14H,6-11H2,1-5H3. The molecule has 0 spiro atoms. The van der Waals surface area contributed by atoms with E-state index in [1.54, 1.807) is 0 Å². The van der Waals surface area contributed by atoms with E-state index < -0.39 is 0 Å². The van der Waals surface area contributed by atoms with E-state index in [1.807, 2.05) is 6.92 Å². The number of rotatable bonds is 6. The van der Waals surface area contributed by atoms with Crippen molar-refractivity contribution in [3.63, 3.8) is 0 Å². The highest BCUT2D eigenvalue weighted by molar-refractivity contribution is 5.74. The molecule has 4 unspecified atom stereocenters. The number of esters is 1. The van der Waals surface area contributed by atoms with Gasteiger partial charge in [0.2, 0.25) is 0 Å². The van der Waals surface area contributed by atoms with Crippen molar-refractivity contribution in [1.29, 1.82) is 0 Å². The van der Waals surface area contributed by atoms with E-state index in [1.165, 1.54) is 12.8 Å². The molecule has 3 heteroatoms. The molecule has 2 bridgehead atoms. The number of carbonyl (C=O) groups excluding carboxylic acids is 1. The van der Waals surface area contributed by atoms with Crippen LogP contribution in [0.25, 0.3) is 0 Å². The highest BCUT2D eigenvalue weighted by atomic mass is 16.6. The van der Waals surface area contributed by atoms with Crippen LogP contribution in [0.4, 0.5) is 0 Å². The molecule has 0 saturated heterocycles. The monoisotopic (exact) mass is 282 g/mol. The van der Waals surface area contributed by atoms with Gasteiger partial charge in [-0.1, -0.05) is 34.1 Å². The minimum absolute atomic E-state index is 0.182.